The number of ketones is 1. The molecule has 0 radical (unpaired) electrons. The maximum atomic E-state index is 12.1. The van der Waals surface area contributed by atoms with Crippen LogP contribution in [0.25, 0.3) is 6.08 Å². The van der Waals surface area contributed by atoms with Gasteiger partial charge in [-0.15, -0.1) is 0 Å². The average molecular weight is 327 g/mol. The Morgan fingerprint density at radius 2 is 1.91 bits per heavy atom. The first-order valence-corrected chi connectivity index (χ1v) is 7.12. The predicted octanol–water partition coefficient (Wildman–Crippen LogP) is 1.99. The minimum absolute atomic E-state index is 0.399. The van der Waals surface area contributed by atoms with Crippen molar-refractivity contribution in [1.82, 2.24) is 0 Å². The fraction of sp³-hybridized carbons (Fsp3) is 0.375. The summed E-state index contributed by atoms with van der Waals surface area (Å²) in [7, 11) is 0. The van der Waals surface area contributed by atoms with Crippen LogP contribution in [0.15, 0.2) is 30.3 Å². The molecule has 6 heteroatoms. The van der Waals surface area contributed by atoms with E-state index in [1.807, 2.05) is 0 Å². The number of esters is 1. The molecule has 0 heterocycles. The molecule has 0 bridgehead atoms. The topological polar surface area (TPSA) is 83.8 Å². The Labute approximate surface area is 134 Å². The molecule has 1 rings (SSSR count). The van der Waals surface area contributed by atoms with E-state index in [1.165, 1.54) is 6.08 Å². The van der Waals surface area contributed by atoms with Gasteiger partial charge in [0.25, 0.3) is 0 Å². The summed E-state index contributed by atoms with van der Waals surface area (Å²) in [6, 6.07) is 6.74. The normalized spacial score (nSPS) is 15.6. The van der Waals surface area contributed by atoms with Gasteiger partial charge in [-0.2, -0.15) is 0 Å². The average Bonchev–Trinajstić information content (AvgIpc) is 2.44. The zero-order valence-electron chi connectivity index (χ0n) is 12.6. The van der Waals surface area contributed by atoms with Gasteiger partial charge in [0, 0.05) is 5.02 Å². The van der Waals surface area contributed by atoms with Crippen molar-refractivity contribution in [3.63, 3.8) is 0 Å². The number of aliphatic hydroxyl groups is 2. The number of hydrogen-bond acceptors (Lipinski definition) is 5. The standard InChI is InChI=1S/C16H19ClO5/c1-10(2)22-15(20)16(21,14(19)11(3)18)9-8-12-6-4-5-7-13(12)17/h4-10,14,19,21H,1-3H3/b9-8+/t14-,16+/m0/s1. The molecule has 0 amide bonds. The first kappa shape index (κ1) is 18.4. The number of halogens is 1. The largest absolute Gasteiger partial charge is 0.461 e. The molecule has 0 saturated heterocycles. The lowest BCUT2D eigenvalue weighted by Gasteiger charge is -2.27. The SMILES string of the molecule is CC(=O)[C@H](O)[C@](O)(/C=C/c1ccccc1Cl)C(=O)OC(C)C. The van der Waals surface area contributed by atoms with Crippen LogP contribution in [0.2, 0.25) is 5.02 Å². The van der Waals surface area contributed by atoms with E-state index < -0.39 is 29.6 Å². The van der Waals surface area contributed by atoms with Crippen LogP contribution in [-0.4, -0.2) is 39.8 Å². The Morgan fingerprint density at radius 3 is 2.41 bits per heavy atom. The van der Waals surface area contributed by atoms with Gasteiger partial charge in [-0.1, -0.05) is 35.9 Å². The fourth-order valence-electron chi connectivity index (χ4n) is 1.72. The monoisotopic (exact) mass is 326 g/mol. The van der Waals surface area contributed by atoms with Crippen molar-refractivity contribution in [1.29, 1.82) is 0 Å². The molecule has 0 fully saturated rings. The van der Waals surface area contributed by atoms with Crippen LogP contribution in [0.1, 0.15) is 26.3 Å². The zero-order valence-corrected chi connectivity index (χ0v) is 13.4. The number of hydrogen-bond donors (Lipinski definition) is 2. The molecule has 2 atom stereocenters. The lowest BCUT2D eigenvalue weighted by Crippen LogP contribution is -2.52. The molecular formula is C16H19ClO5. The predicted molar refractivity (Wildman–Crippen MR) is 83.4 cm³/mol. The van der Waals surface area contributed by atoms with Crippen molar-refractivity contribution in [2.45, 2.75) is 38.6 Å². The van der Waals surface area contributed by atoms with E-state index in [0.29, 0.717) is 10.6 Å². The van der Waals surface area contributed by atoms with E-state index in [4.69, 9.17) is 16.3 Å². The van der Waals surface area contributed by atoms with Gasteiger partial charge in [0.15, 0.2) is 11.9 Å². The van der Waals surface area contributed by atoms with E-state index >= 15 is 0 Å². The minimum Gasteiger partial charge on any atom is -0.461 e. The molecule has 5 nitrogen and oxygen atoms in total. The van der Waals surface area contributed by atoms with E-state index in [0.717, 1.165) is 13.0 Å². The van der Waals surface area contributed by atoms with Crippen molar-refractivity contribution in [3.05, 3.63) is 40.9 Å². The maximum Gasteiger partial charge on any atom is 0.345 e. The maximum absolute atomic E-state index is 12.1. The summed E-state index contributed by atoms with van der Waals surface area (Å²) >= 11 is 5.98. The van der Waals surface area contributed by atoms with Gasteiger partial charge in [-0.25, -0.2) is 4.79 Å². The van der Waals surface area contributed by atoms with Gasteiger partial charge in [0.05, 0.1) is 6.10 Å². The molecular weight excluding hydrogens is 308 g/mol. The van der Waals surface area contributed by atoms with E-state index in [-0.39, 0.29) is 0 Å². The number of carbonyl (C=O) groups excluding carboxylic acids is 2. The quantitative estimate of drug-likeness (QED) is 0.781. The van der Waals surface area contributed by atoms with Gasteiger partial charge in [0.2, 0.25) is 5.60 Å². The molecule has 0 saturated carbocycles. The molecule has 0 aromatic heterocycles. The van der Waals surface area contributed by atoms with Crippen LogP contribution < -0.4 is 0 Å². The summed E-state index contributed by atoms with van der Waals surface area (Å²) in [6.07, 6.45) is -0.0643. The summed E-state index contributed by atoms with van der Waals surface area (Å²) in [5, 5.41) is 20.7. The molecule has 120 valence electrons. The number of carbonyl (C=O) groups is 2. The summed E-state index contributed by atoms with van der Waals surface area (Å²) < 4.78 is 4.92. The first-order chi connectivity index (χ1) is 10.2. The smallest absolute Gasteiger partial charge is 0.345 e. The second kappa shape index (κ2) is 7.54. The molecule has 0 unspecified atom stereocenters. The second-order valence-electron chi connectivity index (χ2n) is 5.15. The third-order valence-corrected chi connectivity index (χ3v) is 3.24. The molecule has 0 spiro atoms. The first-order valence-electron chi connectivity index (χ1n) is 6.74. The van der Waals surface area contributed by atoms with Gasteiger partial charge < -0.3 is 14.9 Å². The van der Waals surface area contributed by atoms with E-state index in [2.05, 4.69) is 0 Å². The highest BCUT2D eigenvalue weighted by Gasteiger charge is 2.45. The third-order valence-electron chi connectivity index (χ3n) is 2.89. The summed E-state index contributed by atoms with van der Waals surface area (Å²) in [6.45, 7) is 4.26. The van der Waals surface area contributed by atoms with Crippen LogP contribution in [0.3, 0.4) is 0 Å². The molecule has 1 aromatic carbocycles. The van der Waals surface area contributed by atoms with Crippen LogP contribution in [0.4, 0.5) is 0 Å². The number of rotatable bonds is 6. The van der Waals surface area contributed by atoms with Crippen molar-refractivity contribution in [2.75, 3.05) is 0 Å². The van der Waals surface area contributed by atoms with Crippen molar-refractivity contribution < 1.29 is 24.5 Å². The van der Waals surface area contributed by atoms with Crippen molar-refractivity contribution in [2.24, 2.45) is 0 Å². The highest BCUT2D eigenvalue weighted by atomic mass is 35.5. The van der Waals surface area contributed by atoms with Gasteiger partial charge in [-0.3, -0.25) is 4.79 Å². The molecule has 2 N–H and O–H groups in total. The Kier molecular flexibility index (Phi) is 6.29. The minimum atomic E-state index is -2.48. The van der Waals surface area contributed by atoms with E-state index in [9.17, 15) is 19.8 Å². The Morgan fingerprint density at radius 1 is 1.32 bits per heavy atom. The number of aliphatic hydroxyl groups excluding tert-OH is 1. The summed E-state index contributed by atoms with van der Waals surface area (Å²) in [5.74, 6) is -1.86. The molecule has 0 aliphatic carbocycles. The second-order valence-corrected chi connectivity index (χ2v) is 5.55. The summed E-state index contributed by atoms with van der Waals surface area (Å²) in [5.41, 5.74) is -1.95. The van der Waals surface area contributed by atoms with Crippen molar-refractivity contribution >= 4 is 29.4 Å². The highest BCUT2D eigenvalue weighted by Crippen LogP contribution is 2.22. The molecule has 0 aliphatic rings. The lowest BCUT2D eigenvalue weighted by atomic mass is 9.92. The third kappa shape index (κ3) is 4.40. The van der Waals surface area contributed by atoms with Crippen molar-refractivity contribution in [3.8, 4) is 0 Å². The van der Waals surface area contributed by atoms with Crippen LogP contribution >= 0.6 is 11.6 Å². The van der Waals surface area contributed by atoms with E-state index in [1.54, 1.807) is 38.1 Å². The van der Waals surface area contributed by atoms with Crippen LogP contribution in [0, 0.1) is 0 Å². The highest BCUT2D eigenvalue weighted by molar-refractivity contribution is 6.32. The zero-order chi connectivity index (χ0) is 16.9. The molecule has 0 aliphatic heterocycles. The molecule has 22 heavy (non-hydrogen) atoms. The van der Waals surface area contributed by atoms with Gasteiger partial charge >= 0.3 is 5.97 Å². The van der Waals surface area contributed by atoms with Gasteiger partial charge in [-0.05, 0) is 38.5 Å². The summed E-state index contributed by atoms with van der Waals surface area (Å²) in [4.78, 5) is 23.4. The molecule has 1 aromatic rings. The Balaban J connectivity index is 3.18. The number of benzene rings is 1. The lowest BCUT2D eigenvalue weighted by molar-refractivity contribution is -0.176. The van der Waals surface area contributed by atoms with Crippen LogP contribution in [-0.2, 0) is 14.3 Å². The Hall–Kier alpha value is -1.69. The number of Topliss-reactive ketones (excluding diaryl/α,β-unsaturated/α-hetero) is 1. The van der Waals surface area contributed by atoms with Gasteiger partial charge in [0.1, 0.15) is 0 Å². The number of ether oxygens (including phenoxy) is 1. The van der Waals surface area contributed by atoms with Crippen LogP contribution in [0.5, 0.6) is 0 Å². The fourth-order valence-corrected chi connectivity index (χ4v) is 1.91. The Bertz CT molecular complexity index is 582.